The summed E-state index contributed by atoms with van der Waals surface area (Å²) in [6, 6.07) is 20.8. The highest BCUT2D eigenvalue weighted by molar-refractivity contribution is 5.88. The van der Waals surface area contributed by atoms with E-state index < -0.39 is 11.9 Å². The number of rotatable bonds is 11. The van der Waals surface area contributed by atoms with E-state index in [1.54, 1.807) is 18.2 Å². The van der Waals surface area contributed by atoms with Crippen LogP contribution < -0.4 is 14.8 Å². The van der Waals surface area contributed by atoms with E-state index in [2.05, 4.69) is 5.32 Å². The minimum atomic E-state index is -0.787. The summed E-state index contributed by atoms with van der Waals surface area (Å²) in [7, 11) is 0. The molecule has 194 valence electrons. The standard InChI is InChI=1S/C30H33FN2O4/c1-21(2)18-32-30(35)26(16-22-8-4-3-5-9-22)33(19-24-10-6-7-11-25(24)31)29(34)15-13-23-12-14-27-28(17-23)37-20-36-27/h3-12,14,17,21,26H,13,15-16,18-20H2,1-2H3,(H,32,35)/t26-/m1/s1. The first kappa shape index (κ1) is 26.2. The van der Waals surface area contributed by atoms with Gasteiger partial charge in [0.05, 0.1) is 0 Å². The van der Waals surface area contributed by atoms with Crippen molar-refractivity contribution in [3.05, 3.63) is 95.3 Å². The molecule has 0 saturated carbocycles. The van der Waals surface area contributed by atoms with E-state index in [0.717, 1.165) is 11.1 Å². The van der Waals surface area contributed by atoms with Crippen LogP contribution in [0.25, 0.3) is 0 Å². The summed E-state index contributed by atoms with van der Waals surface area (Å²) >= 11 is 0. The van der Waals surface area contributed by atoms with Crippen LogP contribution >= 0.6 is 0 Å². The Hall–Kier alpha value is -3.87. The van der Waals surface area contributed by atoms with Crippen LogP contribution in [0.2, 0.25) is 0 Å². The Bertz CT molecular complexity index is 1220. The molecule has 0 aromatic heterocycles. The summed E-state index contributed by atoms with van der Waals surface area (Å²) in [6.45, 7) is 4.70. The average Bonchev–Trinajstić information content (AvgIpc) is 3.37. The number of carbonyl (C=O) groups excluding carboxylic acids is 2. The first-order valence-electron chi connectivity index (χ1n) is 12.6. The van der Waals surface area contributed by atoms with Gasteiger partial charge < -0.3 is 19.7 Å². The first-order chi connectivity index (χ1) is 17.9. The third-order valence-electron chi connectivity index (χ3n) is 6.32. The summed E-state index contributed by atoms with van der Waals surface area (Å²) in [5.74, 6) is 0.719. The van der Waals surface area contributed by atoms with E-state index >= 15 is 0 Å². The van der Waals surface area contributed by atoms with Crippen LogP contribution in [0.3, 0.4) is 0 Å². The largest absolute Gasteiger partial charge is 0.454 e. The van der Waals surface area contributed by atoms with Crippen molar-refractivity contribution in [1.82, 2.24) is 10.2 Å². The van der Waals surface area contributed by atoms with E-state index in [0.29, 0.717) is 36.4 Å². The zero-order chi connectivity index (χ0) is 26.2. The van der Waals surface area contributed by atoms with Gasteiger partial charge in [0.15, 0.2) is 11.5 Å². The van der Waals surface area contributed by atoms with E-state index in [4.69, 9.17) is 9.47 Å². The summed E-state index contributed by atoms with van der Waals surface area (Å²) in [5.41, 5.74) is 2.22. The summed E-state index contributed by atoms with van der Waals surface area (Å²) in [4.78, 5) is 28.7. The van der Waals surface area contributed by atoms with Gasteiger partial charge in [0, 0.05) is 31.5 Å². The van der Waals surface area contributed by atoms with Crippen LogP contribution in [0.15, 0.2) is 72.8 Å². The van der Waals surface area contributed by atoms with Gasteiger partial charge in [-0.3, -0.25) is 9.59 Å². The molecule has 1 aliphatic rings. The van der Waals surface area contributed by atoms with Crippen molar-refractivity contribution >= 4 is 11.8 Å². The van der Waals surface area contributed by atoms with Crippen molar-refractivity contribution in [2.45, 2.75) is 45.7 Å². The number of ether oxygens (including phenoxy) is 2. The highest BCUT2D eigenvalue weighted by Crippen LogP contribution is 2.33. The van der Waals surface area contributed by atoms with Crippen LogP contribution in [0, 0.1) is 11.7 Å². The molecule has 0 unspecified atom stereocenters. The van der Waals surface area contributed by atoms with Gasteiger partial charge in [-0.05, 0) is 41.7 Å². The number of halogens is 1. The molecule has 3 aromatic carbocycles. The Morgan fingerprint density at radius 1 is 0.946 bits per heavy atom. The molecule has 0 spiro atoms. The van der Waals surface area contributed by atoms with Gasteiger partial charge in [-0.25, -0.2) is 4.39 Å². The number of fused-ring (bicyclic) bond motifs is 1. The fraction of sp³-hybridized carbons (Fsp3) is 0.333. The van der Waals surface area contributed by atoms with Crippen LogP contribution in [0.1, 0.15) is 37.0 Å². The second-order valence-corrected chi connectivity index (χ2v) is 9.65. The van der Waals surface area contributed by atoms with Crippen LogP contribution in [0.5, 0.6) is 11.5 Å². The smallest absolute Gasteiger partial charge is 0.243 e. The maximum atomic E-state index is 14.7. The number of hydrogen-bond acceptors (Lipinski definition) is 4. The Labute approximate surface area is 217 Å². The SMILES string of the molecule is CC(C)CNC(=O)[C@@H](Cc1ccccc1)N(Cc1ccccc1F)C(=O)CCc1ccc2c(c1)OCO2. The maximum absolute atomic E-state index is 14.7. The number of nitrogens with zero attached hydrogens (tertiary/aromatic N) is 1. The lowest BCUT2D eigenvalue weighted by Crippen LogP contribution is -2.51. The molecule has 0 aliphatic carbocycles. The third kappa shape index (κ3) is 7.09. The van der Waals surface area contributed by atoms with Gasteiger partial charge in [-0.2, -0.15) is 0 Å². The Morgan fingerprint density at radius 3 is 2.43 bits per heavy atom. The molecule has 1 atom stereocenters. The number of benzene rings is 3. The van der Waals surface area contributed by atoms with Gasteiger partial charge in [0.1, 0.15) is 11.9 Å². The lowest BCUT2D eigenvalue weighted by Gasteiger charge is -2.32. The van der Waals surface area contributed by atoms with Crippen LogP contribution in [-0.4, -0.2) is 36.1 Å². The normalized spacial score (nSPS) is 12.9. The molecule has 1 N–H and O–H groups in total. The Balaban J connectivity index is 1.60. The first-order valence-corrected chi connectivity index (χ1v) is 12.6. The molecular formula is C30H33FN2O4. The van der Waals surface area contributed by atoms with Crippen LogP contribution in [0.4, 0.5) is 4.39 Å². The second-order valence-electron chi connectivity index (χ2n) is 9.65. The minimum absolute atomic E-state index is 0.000750. The number of hydrogen-bond donors (Lipinski definition) is 1. The Morgan fingerprint density at radius 2 is 1.68 bits per heavy atom. The third-order valence-corrected chi connectivity index (χ3v) is 6.32. The molecule has 1 aliphatic heterocycles. The fourth-order valence-electron chi connectivity index (χ4n) is 4.28. The fourth-order valence-corrected chi connectivity index (χ4v) is 4.28. The summed E-state index contributed by atoms with van der Waals surface area (Å²) < 4.78 is 25.5. The molecule has 0 fully saturated rings. The van der Waals surface area contributed by atoms with E-state index in [9.17, 15) is 14.0 Å². The molecule has 0 radical (unpaired) electrons. The average molecular weight is 505 g/mol. The maximum Gasteiger partial charge on any atom is 0.243 e. The lowest BCUT2D eigenvalue weighted by molar-refractivity contribution is -0.141. The van der Waals surface area contributed by atoms with Gasteiger partial charge in [0.2, 0.25) is 18.6 Å². The quantitative estimate of drug-likeness (QED) is 0.403. The molecule has 0 saturated heterocycles. The van der Waals surface area contributed by atoms with Gasteiger partial charge >= 0.3 is 0 Å². The minimum Gasteiger partial charge on any atom is -0.454 e. The second kappa shape index (κ2) is 12.4. The van der Waals surface area contributed by atoms with E-state index in [-0.39, 0.29) is 37.5 Å². The van der Waals surface area contributed by atoms with Crippen molar-refractivity contribution in [3.63, 3.8) is 0 Å². The Kier molecular flexibility index (Phi) is 8.77. The van der Waals surface area contributed by atoms with E-state index in [1.807, 2.05) is 62.4 Å². The zero-order valence-electron chi connectivity index (χ0n) is 21.3. The highest BCUT2D eigenvalue weighted by atomic mass is 19.1. The highest BCUT2D eigenvalue weighted by Gasteiger charge is 2.31. The van der Waals surface area contributed by atoms with Crippen molar-refractivity contribution in [1.29, 1.82) is 0 Å². The molecule has 6 nitrogen and oxygen atoms in total. The van der Waals surface area contributed by atoms with Crippen LogP contribution in [-0.2, 0) is 29.0 Å². The molecule has 0 bridgehead atoms. The van der Waals surface area contributed by atoms with Crippen molar-refractivity contribution in [2.75, 3.05) is 13.3 Å². The van der Waals surface area contributed by atoms with Gasteiger partial charge in [0.25, 0.3) is 0 Å². The summed E-state index contributed by atoms with van der Waals surface area (Å²) in [5, 5.41) is 2.98. The lowest BCUT2D eigenvalue weighted by atomic mass is 10.0. The van der Waals surface area contributed by atoms with E-state index in [1.165, 1.54) is 11.0 Å². The monoisotopic (exact) mass is 504 g/mol. The number of aryl methyl sites for hydroxylation is 1. The number of carbonyl (C=O) groups is 2. The van der Waals surface area contributed by atoms with Crippen molar-refractivity contribution in [3.8, 4) is 11.5 Å². The molecule has 7 heteroatoms. The number of amides is 2. The molecule has 1 heterocycles. The van der Waals surface area contributed by atoms with Gasteiger partial charge in [-0.1, -0.05) is 68.4 Å². The molecular weight excluding hydrogens is 471 g/mol. The topological polar surface area (TPSA) is 67.9 Å². The number of nitrogens with one attached hydrogen (secondary N) is 1. The van der Waals surface area contributed by atoms with Crippen molar-refractivity contribution in [2.24, 2.45) is 5.92 Å². The molecule has 37 heavy (non-hydrogen) atoms. The summed E-state index contributed by atoms with van der Waals surface area (Å²) in [6.07, 6.45) is 0.945. The zero-order valence-corrected chi connectivity index (χ0v) is 21.3. The van der Waals surface area contributed by atoms with Gasteiger partial charge in [-0.15, -0.1) is 0 Å². The molecule has 3 aromatic rings. The van der Waals surface area contributed by atoms with Crippen molar-refractivity contribution < 1.29 is 23.5 Å². The predicted octanol–water partition coefficient (Wildman–Crippen LogP) is 4.90. The molecule has 4 rings (SSSR count). The molecule has 2 amide bonds. The predicted molar refractivity (Wildman–Crippen MR) is 140 cm³/mol.